The van der Waals surface area contributed by atoms with Gasteiger partial charge >= 0.3 is 0 Å². The maximum Gasteiger partial charge on any atom is 0.254 e. The van der Waals surface area contributed by atoms with Crippen molar-refractivity contribution in [2.24, 2.45) is 0 Å². The van der Waals surface area contributed by atoms with Gasteiger partial charge in [0.1, 0.15) is 29.4 Å². The number of carbonyl (C=O) groups is 1. The molecule has 3 heterocycles. The zero-order valence-electron chi connectivity index (χ0n) is 21.2. The van der Waals surface area contributed by atoms with Gasteiger partial charge in [0.15, 0.2) is 5.65 Å². The van der Waals surface area contributed by atoms with Gasteiger partial charge in [0, 0.05) is 31.3 Å². The predicted octanol–water partition coefficient (Wildman–Crippen LogP) is 3.98. The number of ether oxygens (including phenoxy) is 1. The second-order valence-corrected chi connectivity index (χ2v) is 9.32. The Kier molecular flexibility index (Phi) is 7.32. The molecule has 0 aliphatic carbocycles. The van der Waals surface area contributed by atoms with Gasteiger partial charge in [-0.1, -0.05) is 30.3 Å². The zero-order chi connectivity index (χ0) is 26.6. The van der Waals surface area contributed by atoms with E-state index in [-0.39, 0.29) is 18.2 Å². The first-order valence-corrected chi connectivity index (χ1v) is 12.5. The van der Waals surface area contributed by atoms with Crippen LogP contribution in [0.2, 0.25) is 0 Å². The second-order valence-electron chi connectivity index (χ2n) is 9.32. The molecule has 1 aliphatic rings. The highest BCUT2D eigenvalue weighted by molar-refractivity contribution is 5.98. The van der Waals surface area contributed by atoms with Crippen LogP contribution in [0, 0.1) is 5.82 Å². The number of halogens is 1. The lowest BCUT2D eigenvalue weighted by Gasteiger charge is -2.32. The number of nitrogens with zero attached hydrogens (tertiary/aromatic N) is 5. The zero-order valence-corrected chi connectivity index (χ0v) is 21.2. The number of hydrogen-bond acceptors (Lipinski definition) is 7. The highest BCUT2D eigenvalue weighted by atomic mass is 19.1. The molecule has 0 spiro atoms. The van der Waals surface area contributed by atoms with Gasteiger partial charge in [0.2, 0.25) is 0 Å². The summed E-state index contributed by atoms with van der Waals surface area (Å²) < 4.78 is 21.2. The minimum Gasteiger partial charge on any atom is -0.497 e. The van der Waals surface area contributed by atoms with Gasteiger partial charge in [0.05, 0.1) is 24.1 Å². The highest BCUT2D eigenvalue weighted by Crippen LogP contribution is 2.33. The van der Waals surface area contributed by atoms with Crippen LogP contribution in [0.4, 0.5) is 10.2 Å². The average molecular weight is 516 g/mol. The third-order valence-electron chi connectivity index (χ3n) is 6.83. The molecule has 0 radical (unpaired) electrons. The van der Waals surface area contributed by atoms with E-state index in [9.17, 15) is 9.18 Å². The van der Waals surface area contributed by atoms with Crippen LogP contribution in [0.1, 0.15) is 34.8 Å². The Bertz CT molecular complexity index is 1470. The Morgan fingerprint density at radius 2 is 2.08 bits per heavy atom. The second kappa shape index (κ2) is 11.0. The monoisotopic (exact) mass is 515 g/mol. The Morgan fingerprint density at radius 3 is 2.82 bits per heavy atom. The molecule has 1 atom stereocenters. The lowest BCUT2D eigenvalue weighted by molar-refractivity contribution is 0.0947. The normalized spacial score (nSPS) is 15.9. The highest BCUT2D eigenvalue weighted by Gasteiger charge is 2.26. The molecular formula is C28H30FN7O2. The molecule has 1 fully saturated rings. The van der Waals surface area contributed by atoms with Gasteiger partial charge in [0.25, 0.3) is 5.91 Å². The summed E-state index contributed by atoms with van der Waals surface area (Å²) in [5.41, 5.74) is 9.42. The molecule has 196 valence electrons. The maximum absolute atomic E-state index is 14.2. The van der Waals surface area contributed by atoms with Gasteiger partial charge in [-0.2, -0.15) is 5.10 Å². The third-order valence-corrected chi connectivity index (χ3v) is 6.83. The number of nitrogen functional groups attached to an aromatic ring is 1. The summed E-state index contributed by atoms with van der Waals surface area (Å²) in [6.07, 6.45) is 5.46. The van der Waals surface area contributed by atoms with Crippen LogP contribution < -0.4 is 15.8 Å². The standard InChI is InChI=1S/C28H30FN7O2/c1-3-12-35-13-4-5-20(16-35)36-27-24(26(30)32-17-33-27)25(34-36)19-8-6-18(7-9-19)15-31-28(37)22-11-10-21(38-2)14-23(22)29/h3,6-11,14,17,20H,1,4-5,12-13,15-16H2,2H3,(H,31,37)(H2,30,32,33)/t20-/m1/s1. The van der Waals surface area contributed by atoms with Crippen LogP contribution in [0.25, 0.3) is 22.3 Å². The van der Waals surface area contributed by atoms with Crippen LogP contribution in [-0.2, 0) is 6.54 Å². The van der Waals surface area contributed by atoms with E-state index in [0.29, 0.717) is 11.6 Å². The van der Waals surface area contributed by atoms with Gasteiger partial charge in [-0.25, -0.2) is 19.0 Å². The fraction of sp³-hybridized carbons (Fsp3) is 0.286. The SMILES string of the molecule is C=CCN1CCC[C@@H](n2nc(-c3ccc(CNC(=O)c4ccc(OC)cc4F)cc3)c3c(N)ncnc32)C1. The van der Waals surface area contributed by atoms with Gasteiger partial charge < -0.3 is 15.8 Å². The van der Waals surface area contributed by atoms with Gasteiger partial charge in [-0.05, 0) is 37.1 Å². The number of hydrogen-bond donors (Lipinski definition) is 2. The minimum atomic E-state index is -0.634. The van der Waals surface area contributed by atoms with Crippen molar-refractivity contribution in [2.45, 2.75) is 25.4 Å². The fourth-order valence-electron chi connectivity index (χ4n) is 4.90. The molecule has 0 saturated carbocycles. The van der Waals surface area contributed by atoms with E-state index in [1.165, 1.54) is 25.6 Å². The summed E-state index contributed by atoms with van der Waals surface area (Å²) in [7, 11) is 1.45. The molecule has 1 aliphatic heterocycles. The van der Waals surface area contributed by atoms with Crippen molar-refractivity contribution in [2.75, 3.05) is 32.5 Å². The van der Waals surface area contributed by atoms with Gasteiger partial charge in [-0.15, -0.1) is 6.58 Å². The van der Waals surface area contributed by atoms with Crippen LogP contribution in [0.3, 0.4) is 0 Å². The fourth-order valence-corrected chi connectivity index (χ4v) is 4.90. The summed E-state index contributed by atoms with van der Waals surface area (Å²) >= 11 is 0. The van der Waals surface area contributed by atoms with Crippen molar-refractivity contribution in [3.63, 3.8) is 0 Å². The van der Waals surface area contributed by atoms with E-state index in [1.807, 2.05) is 35.0 Å². The first-order valence-electron chi connectivity index (χ1n) is 12.5. The van der Waals surface area contributed by atoms with E-state index in [2.05, 4.69) is 26.8 Å². The largest absolute Gasteiger partial charge is 0.497 e. The first kappa shape index (κ1) is 25.3. The molecule has 0 unspecified atom stereocenters. The molecule has 1 amide bonds. The quantitative estimate of drug-likeness (QED) is 0.342. The van der Waals surface area contributed by atoms with Crippen LogP contribution >= 0.6 is 0 Å². The van der Waals surface area contributed by atoms with Crippen molar-refractivity contribution in [3.05, 3.63) is 78.4 Å². The van der Waals surface area contributed by atoms with Crippen molar-refractivity contribution in [1.29, 1.82) is 0 Å². The van der Waals surface area contributed by atoms with Crippen molar-refractivity contribution >= 4 is 22.8 Å². The Hall–Kier alpha value is -4.31. The number of rotatable bonds is 8. The first-order chi connectivity index (χ1) is 18.5. The number of nitrogens with two attached hydrogens (primary N) is 1. The maximum atomic E-state index is 14.2. The van der Waals surface area contributed by atoms with E-state index in [4.69, 9.17) is 15.6 Å². The topological polar surface area (TPSA) is 111 Å². The Balaban J connectivity index is 1.36. The van der Waals surface area contributed by atoms with Crippen LogP contribution in [0.5, 0.6) is 5.75 Å². The molecule has 1 saturated heterocycles. The van der Waals surface area contributed by atoms with E-state index < -0.39 is 11.7 Å². The molecule has 2 aromatic carbocycles. The van der Waals surface area contributed by atoms with Crippen LogP contribution in [-0.4, -0.2) is 57.3 Å². The smallest absolute Gasteiger partial charge is 0.254 e. The third kappa shape index (κ3) is 5.08. The summed E-state index contributed by atoms with van der Waals surface area (Å²) in [5.74, 6) is -0.395. The molecule has 9 nitrogen and oxygen atoms in total. The van der Waals surface area contributed by atoms with Crippen molar-refractivity contribution < 1.29 is 13.9 Å². The summed E-state index contributed by atoms with van der Waals surface area (Å²) in [4.78, 5) is 23.6. The average Bonchev–Trinajstić information content (AvgIpc) is 3.33. The number of fused-ring (bicyclic) bond motifs is 1. The van der Waals surface area contributed by atoms with Crippen LogP contribution in [0.15, 0.2) is 61.4 Å². The number of likely N-dealkylation sites (tertiary alicyclic amines) is 1. The summed E-state index contributed by atoms with van der Waals surface area (Å²) in [6, 6.07) is 12.0. The minimum absolute atomic E-state index is 0.0377. The molecule has 5 rings (SSSR count). The molecule has 4 aromatic rings. The number of methoxy groups -OCH3 is 1. The van der Waals surface area contributed by atoms with E-state index in [1.54, 1.807) is 6.07 Å². The lowest BCUT2D eigenvalue weighted by Crippen LogP contribution is -2.37. The number of carbonyl (C=O) groups excluding carboxylic acids is 1. The summed E-state index contributed by atoms with van der Waals surface area (Å²) in [5, 5.41) is 8.45. The van der Waals surface area contributed by atoms with Crippen molar-refractivity contribution in [3.8, 4) is 17.0 Å². The number of nitrogens with one attached hydrogen (secondary N) is 1. The Morgan fingerprint density at radius 1 is 1.26 bits per heavy atom. The molecule has 0 bridgehead atoms. The number of aromatic nitrogens is 4. The lowest BCUT2D eigenvalue weighted by atomic mass is 10.1. The number of piperidine rings is 1. The molecule has 2 aromatic heterocycles. The molecule has 38 heavy (non-hydrogen) atoms. The molecular weight excluding hydrogens is 485 g/mol. The number of anilines is 1. The summed E-state index contributed by atoms with van der Waals surface area (Å²) in [6.45, 7) is 6.84. The number of amides is 1. The van der Waals surface area contributed by atoms with Crippen molar-refractivity contribution in [1.82, 2.24) is 30.0 Å². The molecule has 3 N–H and O–H groups in total. The Labute approximate surface area is 220 Å². The number of benzene rings is 2. The predicted molar refractivity (Wildman–Crippen MR) is 144 cm³/mol. The van der Waals surface area contributed by atoms with Gasteiger partial charge in [-0.3, -0.25) is 9.69 Å². The van der Waals surface area contributed by atoms with E-state index in [0.717, 1.165) is 60.3 Å². The van der Waals surface area contributed by atoms with E-state index >= 15 is 0 Å². The molecule has 10 heteroatoms.